The molecule has 0 saturated carbocycles. The highest BCUT2D eigenvalue weighted by molar-refractivity contribution is 7.18. The molecule has 0 atom stereocenters. The van der Waals surface area contributed by atoms with Crippen molar-refractivity contribution in [3.8, 4) is 10.6 Å². The summed E-state index contributed by atoms with van der Waals surface area (Å²) >= 11 is 1.37. The van der Waals surface area contributed by atoms with Crippen LogP contribution in [-0.4, -0.2) is 21.1 Å². The molecule has 5 nitrogen and oxygen atoms in total. The molecule has 1 amide bonds. The van der Waals surface area contributed by atoms with Gasteiger partial charge in [0.1, 0.15) is 5.01 Å². The van der Waals surface area contributed by atoms with Gasteiger partial charge in [0.25, 0.3) is 0 Å². The van der Waals surface area contributed by atoms with Gasteiger partial charge in [-0.3, -0.25) is 9.78 Å². The average Bonchev–Trinajstić information content (AvgIpc) is 2.88. The molecule has 0 radical (unpaired) electrons. The number of rotatable bonds is 6. The minimum atomic E-state index is 0.00544. The standard InChI is InChI=1S/C13H16N4OS/c1-2-3-4-5-11(18)15-13-17-16-12(19-13)10-6-8-14-9-7-10/h6-9H,2-5H2,1H3,(H,15,17,18). The third kappa shape index (κ3) is 4.10. The van der Waals surface area contributed by atoms with Gasteiger partial charge in [0.2, 0.25) is 11.0 Å². The molecule has 0 aliphatic rings. The first-order valence-electron chi connectivity index (χ1n) is 6.33. The second-order valence-corrected chi connectivity index (χ2v) is 5.13. The zero-order valence-electron chi connectivity index (χ0n) is 10.8. The maximum atomic E-state index is 11.7. The fraction of sp³-hybridized carbons (Fsp3) is 0.385. The summed E-state index contributed by atoms with van der Waals surface area (Å²) < 4.78 is 0. The summed E-state index contributed by atoms with van der Waals surface area (Å²) in [5.41, 5.74) is 0.957. The van der Waals surface area contributed by atoms with Crippen LogP contribution in [0, 0.1) is 0 Å². The molecule has 2 aromatic rings. The van der Waals surface area contributed by atoms with E-state index in [0.717, 1.165) is 29.8 Å². The summed E-state index contributed by atoms with van der Waals surface area (Å²) in [6.07, 6.45) is 7.06. The van der Waals surface area contributed by atoms with Gasteiger partial charge >= 0.3 is 0 Å². The summed E-state index contributed by atoms with van der Waals surface area (Å²) in [6, 6.07) is 3.74. The van der Waals surface area contributed by atoms with Crippen molar-refractivity contribution < 1.29 is 4.79 Å². The predicted molar refractivity (Wildman–Crippen MR) is 75.9 cm³/mol. The van der Waals surface area contributed by atoms with Gasteiger partial charge in [-0.2, -0.15) is 0 Å². The molecule has 1 N–H and O–H groups in total. The van der Waals surface area contributed by atoms with Crippen molar-refractivity contribution in [3.05, 3.63) is 24.5 Å². The summed E-state index contributed by atoms with van der Waals surface area (Å²) in [4.78, 5) is 15.6. The molecule has 0 spiro atoms. The summed E-state index contributed by atoms with van der Waals surface area (Å²) in [6.45, 7) is 2.11. The van der Waals surface area contributed by atoms with Crippen LogP contribution < -0.4 is 5.32 Å². The Hall–Kier alpha value is -1.82. The van der Waals surface area contributed by atoms with Crippen molar-refractivity contribution in [2.75, 3.05) is 5.32 Å². The van der Waals surface area contributed by atoms with Gasteiger partial charge in [-0.15, -0.1) is 10.2 Å². The van der Waals surface area contributed by atoms with Gasteiger partial charge < -0.3 is 5.32 Å². The Bertz CT molecular complexity index is 526. The molecule has 2 rings (SSSR count). The van der Waals surface area contributed by atoms with Gasteiger partial charge in [-0.25, -0.2) is 0 Å². The van der Waals surface area contributed by atoms with Crippen LogP contribution in [0.3, 0.4) is 0 Å². The lowest BCUT2D eigenvalue weighted by atomic mass is 10.2. The monoisotopic (exact) mass is 276 g/mol. The average molecular weight is 276 g/mol. The van der Waals surface area contributed by atoms with Gasteiger partial charge in [0, 0.05) is 24.4 Å². The number of amides is 1. The lowest BCUT2D eigenvalue weighted by Gasteiger charge is -1.99. The smallest absolute Gasteiger partial charge is 0.226 e. The first-order valence-corrected chi connectivity index (χ1v) is 7.15. The van der Waals surface area contributed by atoms with Crippen molar-refractivity contribution >= 4 is 22.4 Å². The van der Waals surface area contributed by atoms with Crippen molar-refractivity contribution in [3.63, 3.8) is 0 Å². The Labute approximate surface area is 116 Å². The lowest BCUT2D eigenvalue weighted by molar-refractivity contribution is -0.116. The normalized spacial score (nSPS) is 10.4. The topological polar surface area (TPSA) is 67.8 Å². The summed E-state index contributed by atoms with van der Waals surface area (Å²) in [5, 5.41) is 12.2. The van der Waals surface area contributed by atoms with E-state index in [9.17, 15) is 4.79 Å². The zero-order chi connectivity index (χ0) is 13.5. The molecule has 100 valence electrons. The van der Waals surface area contributed by atoms with Gasteiger partial charge in [-0.05, 0) is 18.6 Å². The second-order valence-electron chi connectivity index (χ2n) is 4.15. The van der Waals surface area contributed by atoms with Crippen LogP contribution in [0.2, 0.25) is 0 Å². The van der Waals surface area contributed by atoms with Crippen molar-refractivity contribution in [2.45, 2.75) is 32.6 Å². The highest BCUT2D eigenvalue weighted by atomic mass is 32.1. The Morgan fingerprint density at radius 2 is 2.05 bits per heavy atom. The summed E-state index contributed by atoms with van der Waals surface area (Å²) in [7, 11) is 0. The molecule has 0 bridgehead atoms. The number of carbonyl (C=O) groups is 1. The molecular weight excluding hydrogens is 260 g/mol. The Kier molecular flexibility index (Phi) is 4.97. The van der Waals surface area contributed by atoms with E-state index in [4.69, 9.17) is 0 Å². The molecule has 0 unspecified atom stereocenters. The van der Waals surface area contributed by atoms with E-state index in [0.29, 0.717) is 11.6 Å². The molecule has 0 aromatic carbocycles. The molecule has 2 heterocycles. The largest absolute Gasteiger partial charge is 0.301 e. The number of anilines is 1. The molecule has 6 heteroatoms. The molecule has 0 aliphatic heterocycles. The SMILES string of the molecule is CCCCCC(=O)Nc1nnc(-c2ccncc2)s1. The Morgan fingerprint density at radius 1 is 1.26 bits per heavy atom. The highest BCUT2D eigenvalue weighted by Gasteiger charge is 2.09. The van der Waals surface area contributed by atoms with Gasteiger partial charge in [0.15, 0.2) is 0 Å². The molecule has 19 heavy (non-hydrogen) atoms. The number of hydrogen-bond acceptors (Lipinski definition) is 5. The Morgan fingerprint density at radius 3 is 2.79 bits per heavy atom. The van der Waals surface area contributed by atoms with Crippen LogP contribution in [0.15, 0.2) is 24.5 Å². The van der Waals surface area contributed by atoms with E-state index in [2.05, 4.69) is 27.4 Å². The number of unbranched alkanes of at least 4 members (excludes halogenated alkanes) is 2. The van der Waals surface area contributed by atoms with E-state index in [1.165, 1.54) is 11.3 Å². The van der Waals surface area contributed by atoms with E-state index in [1.54, 1.807) is 12.4 Å². The first-order chi connectivity index (χ1) is 9.29. The predicted octanol–water partition coefficient (Wildman–Crippen LogP) is 3.12. The Balaban J connectivity index is 1.93. The van der Waals surface area contributed by atoms with Crippen molar-refractivity contribution in [1.82, 2.24) is 15.2 Å². The van der Waals surface area contributed by atoms with E-state index in [1.807, 2.05) is 12.1 Å². The molecule has 0 saturated heterocycles. The van der Waals surface area contributed by atoms with Crippen LogP contribution in [-0.2, 0) is 4.79 Å². The lowest BCUT2D eigenvalue weighted by Crippen LogP contribution is -2.10. The van der Waals surface area contributed by atoms with Crippen LogP contribution in [0.4, 0.5) is 5.13 Å². The zero-order valence-corrected chi connectivity index (χ0v) is 11.6. The minimum Gasteiger partial charge on any atom is -0.301 e. The van der Waals surface area contributed by atoms with Crippen LogP contribution in [0.25, 0.3) is 10.6 Å². The molecule has 0 aliphatic carbocycles. The fourth-order valence-corrected chi connectivity index (χ4v) is 2.37. The number of pyridine rings is 1. The summed E-state index contributed by atoms with van der Waals surface area (Å²) in [5.74, 6) is 0.00544. The van der Waals surface area contributed by atoms with Crippen molar-refractivity contribution in [2.24, 2.45) is 0 Å². The van der Waals surface area contributed by atoms with E-state index in [-0.39, 0.29) is 5.91 Å². The third-order valence-corrected chi connectivity index (χ3v) is 3.49. The molecule has 2 aromatic heterocycles. The van der Waals surface area contributed by atoms with E-state index >= 15 is 0 Å². The second kappa shape index (κ2) is 6.94. The maximum absolute atomic E-state index is 11.7. The van der Waals surface area contributed by atoms with Crippen LogP contribution in [0.1, 0.15) is 32.6 Å². The van der Waals surface area contributed by atoms with E-state index < -0.39 is 0 Å². The van der Waals surface area contributed by atoms with Crippen LogP contribution in [0.5, 0.6) is 0 Å². The first kappa shape index (κ1) is 13.6. The van der Waals surface area contributed by atoms with Gasteiger partial charge in [-0.1, -0.05) is 31.1 Å². The maximum Gasteiger partial charge on any atom is 0.226 e. The molecule has 0 fully saturated rings. The van der Waals surface area contributed by atoms with Crippen LogP contribution >= 0.6 is 11.3 Å². The number of hydrogen-bond donors (Lipinski definition) is 1. The number of nitrogens with one attached hydrogen (secondary N) is 1. The number of nitrogens with zero attached hydrogens (tertiary/aromatic N) is 3. The number of aromatic nitrogens is 3. The fourth-order valence-electron chi connectivity index (χ4n) is 1.60. The quantitative estimate of drug-likeness (QED) is 0.823. The third-order valence-electron chi connectivity index (χ3n) is 2.61. The highest BCUT2D eigenvalue weighted by Crippen LogP contribution is 2.25. The van der Waals surface area contributed by atoms with Gasteiger partial charge in [0.05, 0.1) is 0 Å². The minimum absolute atomic E-state index is 0.00544. The number of carbonyl (C=O) groups excluding carboxylic acids is 1. The molecular formula is C13H16N4OS. The van der Waals surface area contributed by atoms with Crippen molar-refractivity contribution in [1.29, 1.82) is 0 Å².